The van der Waals surface area contributed by atoms with Gasteiger partial charge in [-0.05, 0) is 50.2 Å². The number of unbranched alkanes of at least 4 members (excludes halogenated alkanes) is 3. The molecule has 26 heavy (non-hydrogen) atoms. The third-order valence-electron chi connectivity index (χ3n) is 5.04. The number of H-pyrrole nitrogens is 1. The zero-order valence-corrected chi connectivity index (χ0v) is 15.8. The highest BCUT2D eigenvalue weighted by Gasteiger charge is 2.22. The first-order chi connectivity index (χ1) is 12.7. The highest BCUT2D eigenvalue weighted by atomic mass is 16.2. The van der Waals surface area contributed by atoms with Crippen LogP contribution in [0.5, 0.6) is 0 Å². The van der Waals surface area contributed by atoms with Gasteiger partial charge in [0.15, 0.2) is 5.69 Å². The lowest BCUT2D eigenvalue weighted by Crippen LogP contribution is -2.21. The Balaban J connectivity index is 1.56. The number of aryl methyl sites for hydroxylation is 2. The lowest BCUT2D eigenvalue weighted by atomic mass is 10.0. The maximum atomic E-state index is 12.3. The Hall–Kier alpha value is -2.43. The zero-order valence-electron chi connectivity index (χ0n) is 15.8. The van der Waals surface area contributed by atoms with E-state index in [-0.39, 0.29) is 5.91 Å². The van der Waals surface area contributed by atoms with E-state index in [1.807, 2.05) is 6.92 Å². The second kappa shape index (κ2) is 8.79. The molecule has 1 aliphatic rings. The summed E-state index contributed by atoms with van der Waals surface area (Å²) < 4.78 is 0. The van der Waals surface area contributed by atoms with E-state index in [4.69, 9.17) is 0 Å². The molecule has 0 saturated carbocycles. The van der Waals surface area contributed by atoms with Crippen LogP contribution in [-0.2, 0) is 19.3 Å². The number of aromatic amines is 1. The van der Waals surface area contributed by atoms with E-state index >= 15 is 0 Å². The van der Waals surface area contributed by atoms with Crippen LogP contribution in [-0.4, -0.2) is 21.8 Å². The van der Waals surface area contributed by atoms with E-state index < -0.39 is 0 Å². The minimum Gasteiger partial charge on any atom is -0.281 e. The van der Waals surface area contributed by atoms with Crippen molar-refractivity contribution in [2.75, 3.05) is 0 Å². The standard InChI is InChI=1S/C21H28N4O/c1-3-4-5-6-8-16-11-13-17(14-12-16)15(2)22-25-21(26)20-18-9-7-10-19(18)23-24-20/h11-14H,3-10H2,1-2H3,(H,23,24)(H,25,26). The Morgan fingerprint density at radius 2 is 2.00 bits per heavy atom. The fraction of sp³-hybridized carbons (Fsp3) is 0.476. The summed E-state index contributed by atoms with van der Waals surface area (Å²) in [7, 11) is 0. The molecule has 1 amide bonds. The molecule has 0 aliphatic heterocycles. The van der Waals surface area contributed by atoms with E-state index in [1.54, 1.807) is 0 Å². The molecule has 0 fully saturated rings. The first-order valence-electron chi connectivity index (χ1n) is 9.69. The Labute approximate surface area is 155 Å². The van der Waals surface area contributed by atoms with E-state index in [0.717, 1.165) is 48.2 Å². The van der Waals surface area contributed by atoms with Gasteiger partial charge in [-0.1, -0.05) is 50.5 Å². The summed E-state index contributed by atoms with van der Waals surface area (Å²) in [5, 5.41) is 11.3. The van der Waals surface area contributed by atoms with Crippen LogP contribution in [0.15, 0.2) is 29.4 Å². The second-order valence-corrected chi connectivity index (χ2v) is 7.03. The summed E-state index contributed by atoms with van der Waals surface area (Å²) in [6.45, 7) is 4.14. The molecule has 1 aliphatic carbocycles. The fourth-order valence-electron chi connectivity index (χ4n) is 3.43. The Morgan fingerprint density at radius 3 is 2.77 bits per heavy atom. The van der Waals surface area contributed by atoms with Crippen molar-refractivity contribution in [1.82, 2.24) is 15.6 Å². The van der Waals surface area contributed by atoms with Gasteiger partial charge in [-0.25, -0.2) is 5.43 Å². The summed E-state index contributed by atoms with van der Waals surface area (Å²) in [4.78, 5) is 12.3. The molecule has 0 bridgehead atoms. The maximum absolute atomic E-state index is 12.3. The molecule has 0 atom stereocenters. The van der Waals surface area contributed by atoms with Crippen LogP contribution in [0.3, 0.4) is 0 Å². The van der Waals surface area contributed by atoms with Gasteiger partial charge < -0.3 is 0 Å². The molecule has 1 aromatic carbocycles. The molecule has 5 heteroatoms. The first kappa shape index (κ1) is 18.4. The molecule has 2 aromatic rings. The molecular weight excluding hydrogens is 324 g/mol. The average molecular weight is 352 g/mol. The zero-order chi connectivity index (χ0) is 18.4. The topological polar surface area (TPSA) is 70.1 Å². The number of hydrazone groups is 1. The summed E-state index contributed by atoms with van der Waals surface area (Å²) in [6, 6.07) is 8.46. The second-order valence-electron chi connectivity index (χ2n) is 7.03. The smallest absolute Gasteiger partial charge is 0.281 e. The summed E-state index contributed by atoms with van der Waals surface area (Å²) in [5.74, 6) is -0.240. The number of carbonyl (C=O) groups excluding carboxylic acids is 1. The predicted octanol–water partition coefficient (Wildman–Crippen LogP) is 4.18. The first-order valence-corrected chi connectivity index (χ1v) is 9.69. The summed E-state index contributed by atoms with van der Waals surface area (Å²) >= 11 is 0. The maximum Gasteiger partial charge on any atom is 0.292 e. The van der Waals surface area contributed by atoms with Crippen LogP contribution in [0, 0.1) is 0 Å². The van der Waals surface area contributed by atoms with Gasteiger partial charge in [-0.2, -0.15) is 10.2 Å². The number of amides is 1. The molecular formula is C21H28N4O. The predicted molar refractivity (Wildman–Crippen MR) is 105 cm³/mol. The van der Waals surface area contributed by atoms with Crippen molar-refractivity contribution in [3.8, 4) is 0 Å². The summed E-state index contributed by atoms with van der Waals surface area (Å²) in [6.07, 6.45) is 9.20. The van der Waals surface area contributed by atoms with Crippen molar-refractivity contribution in [3.63, 3.8) is 0 Å². The number of benzene rings is 1. The SMILES string of the molecule is CCCCCCc1ccc(C(C)=NNC(=O)c2n[nH]c3c2CCC3)cc1. The van der Waals surface area contributed by atoms with Gasteiger partial charge in [0.2, 0.25) is 0 Å². The lowest BCUT2D eigenvalue weighted by molar-refractivity contribution is 0.0949. The molecule has 3 rings (SSSR count). The molecule has 1 aromatic heterocycles. The van der Waals surface area contributed by atoms with E-state index in [0.29, 0.717) is 5.69 Å². The van der Waals surface area contributed by atoms with Crippen LogP contribution in [0.25, 0.3) is 0 Å². The van der Waals surface area contributed by atoms with Gasteiger partial charge >= 0.3 is 0 Å². The number of hydrogen-bond acceptors (Lipinski definition) is 3. The highest BCUT2D eigenvalue weighted by molar-refractivity contribution is 6.00. The number of nitrogens with zero attached hydrogens (tertiary/aromatic N) is 2. The minimum atomic E-state index is -0.240. The number of rotatable bonds is 8. The van der Waals surface area contributed by atoms with Crippen molar-refractivity contribution < 1.29 is 4.79 Å². The molecule has 2 N–H and O–H groups in total. The molecule has 0 radical (unpaired) electrons. The minimum absolute atomic E-state index is 0.240. The lowest BCUT2D eigenvalue weighted by Gasteiger charge is -2.05. The fourth-order valence-corrected chi connectivity index (χ4v) is 3.43. The van der Waals surface area contributed by atoms with Gasteiger partial charge in [-0.3, -0.25) is 9.89 Å². The molecule has 0 saturated heterocycles. The van der Waals surface area contributed by atoms with E-state index in [2.05, 4.69) is 51.9 Å². The number of nitrogens with one attached hydrogen (secondary N) is 2. The van der Waals surface area contributed by atoms with Crippen LogP contribution in [0.1, 0.15) is 78.8 Å². The highest BCUT2D eigenvalue weighted by Crippen LogP contribution is 2.22. The molecule has 0 unspecified atom stereocenters. The molecule has 138 valence electrons. The third-order valence-corrected chi connectivity index (χ3v) is 5.04. The van der Waals surface area contributed by atoms with Gasteiger partial charge in [-0.15, -0.1) is 0 Å². The number of hydrogen-bond donors (Lipinski definition) is 2. The Bertz CT molecular complexity index is 774. The van der Waals surface area contributed by atoms with E-state index in [1.165, 1.54) is 31.2 Å². The van der Waals surface area contributed by atoms with Crippen molar-refractivity contribution in [2.24, 2.45) is 5.10 Å². The van der Waals surface area contributed by atoms with Crippen LogP contribution in [0.2, 0.25) is 0 Å². The van der Waals surface area contributed by atoms with Gasteiger partial charge in [0.25, 0.3) is 5.91 Å². The number of fused-ring (bicyclic) bond motifs is 1. The Kier molecular flexibility index (Phi) is 6.21. The van der Waals surface area contributed by atoms with Gasteiger partial charge in [0, 0.05) is 11.3 Å². The van der Waals surface area contributed by atoms with Crippen molar-refractivity contribution >= 4 is 11.6 Å². The van der Waals surface area contributed by atoms with Crippen molar-refractivity contribution in [2.45, 2.75) is 65.2 Å². The third kappa shape index (κ3) is 4.40. The van der Waals surface area contributed by atoms with Crippen LogP contribution in [0.4, 0.5) is 0 Å². The summed E-state index contributed by atoms with van der Waals surface area (Å²) in [5.41, 5.74) is 8.43. The Morgan fingerprint density at radius 1 is 1.19 bits per heavy atom. The monoisotopic (exact) mass is 352 g/mol. The molecule has 1 heterocycles. The normalized spacial score (nSPS) is 13.7. The van der Waals surface area contributed by atoms with Crippen LogP contribution >= 0.6 is 0 Å². The molecule has 5 nitrogen and oxygen atoms in total. The largest absolute Gasteiger partial charge is 0.292 e. The van der Waals surface area contributed by atoms with Gasteiger partial charge in [0.1, 0.15) is 0 Å². The van der Waals surface area contributed by atoms with Gasteiger partial charge in [0.05, 0.1) is 5.71 Å². The number of carbonyl (C=O) groups is 1. The van der Waals surface area contributed by atoms with E-state index in [9.17, 15) is 4.79 Å². The number of aromatic nitrogens is 2. The van der Waals surface area contributed by atoms with Crippen molar-refractivity contribution in [1.29, 1.82) is 0 Å². The molecule has 0 spiro atoms. The quantitative estimate of drug-likeness (QED) is 0.425. The van der Waals surface area contributed by atoms with Crippen molar-refractivity contribution in [3.05, 3.63) is 52.3 Å². The average Bonchev–Trinajstić information content (AvgIpc) is 3.27. The van der Waals surface area contributed by atoms with Crippen LogP contribution < -0.4 is 5.43 Å².